The van der Waals surface area contributed by atoms with Gasteiger partial charge in [0.2, 0.25) is 11.8 Å². The predicted octanol–water partition coefficient (Wildman–Crippen LogP) is -0.747. The molecule has 0 bridgehead atoms. The molecule has 17 heavy (non-hydrogen) atoms. The van der Waals surface area contributed by atoms with Gasteiger partial charge < -0.3 is 20.7 Å². The average molecular weight is 245 g/mol. The Kier molecular flexibility index (Phi) is 9.37. The Bertz CT molecular complexity index is 232. The smallest absolute Gasteiger partial charge is 0.234 e. The molecule has 3 N–H and O–H groups in total. The summed E-state index contributed by atoms with van der Waals surface area (Å²) >= 11 is 0. The summed E-state index contributed by atoms with van der Waals surface area (Å²) < 4.78 is 4.80. The van der Waals surface area contributed by atoms with Crippen molar-refractivity contribution in [2.45, 2.75) is 26.3 Å². The average Bonchev–Trinajstić information content (AvgIpc) is 2.24. The highest BCUT2D eigenvalue weighted by atomic mass is 16.5. The molecule has 0 saturated carbocycles. The van der Waals surface area contributed by atoms with E-state index in [1.54, 1.807) is 7.11 Å². The number of rotatable bonds is 9. The minimum absolute atomic E-state index is 0.00714. The van der Waals surface area contributed by atoms with E-state index in [0.29, 0.717) is 26.1 Å². The fraction of sp³-hybridized carbons (Fsp3) is 0.818. The molecule has 0 rings (SSSR count). The standard InChI is InChI=1S/C11H23N3O3/c1-9(2)14-10(15)4-5-12-8-11(16)13-6-7-17-3/h9,12H,4-8H2,1-3H3,(H,13,16)(H,14,15). The Morgan fingerprint density at radius 1 is 1.18 bits per heavy atom. The van der Waals surface area contributed by atoms with Gasteiger partial charge in [0.05, 0.1) is 13.2 Å². The van der Waals surface area contributed by atoms with Gasteiger partial charge in [-0.25, -0.2) is 0 Å². The maximum absolute atomic E-state index is 11.2. The lowest BCUT2D eigenvalue weighted by molar-refractivity contribution is -0.122. The molecule has 0 aliphatic heterocycles. The second-order valence-corrected chi connectivity index (χ2v) is 3.99. The number of amides is 2. The van der Waals surface area contributed by atoms with Crippen LogP contribution in [0.4, 0.5) is 0 Å². The van der Waals surface area contributed by atoms with Crippen LogP contribution in [0.15, 0.2) is 0 Å². The number of carbonyl (C=O) groups is 2. The monoisotopic (exact) mass is 245 g/mol. The second kappa shape index (κ2) is 10.0. The van der Waals surface area contributed by atoms with Gasteiger partial charge in [0.25, 0.3) is 0 Å². The van der Waals surface area contributed by atoms with Crippen LogP contribution in [0.5, 0.6) is 0 Å². The molecule has 0 atom stereocenters. The molecule has 0 saturated heterocycles. The molecule has 0 aromatic heterocycles. The highest BCUT2D eigenvalue weighted by Crippen LogP contribution is 1.81. The zero-order valence-corrected chi connectivity index (χ0v) is 10.8. The van der Waals surface area contributed by atoms with Crippen LogP contribution in [-0.4, -0.2) is 51.2 Å². The SMILES string of the molecule is COCCNC(=O)CNCCC(=O)NC(C)C. The van der Waals surface area contributed by atoms with E-state index in [4.69, 9.17) is 4.74 Å². The summed E-state index contributed by atoms with van der Waals surface area (Å²) in [5.41, 5.74) is 0. The first-order valence-corrected chi connectivity index (χ1v) is 5.82. The van der Waals surface area contributed by atoms with Crippen molar-refractivity contribution in [2.75, 3.05) is 33.4 Å². The van der Waals surface area contributed by atoms with Gasteiger partial charge in [0, 0.05) is 32.7 Å². The van der Waals surface area contributed by atoms with Gasteiger partial charge in [-0.2, -0.15) is 0 Å². The van der Waals surface area contributed by atoms with Gasteiger partial charge in [-0.3, -0.25) is 9.59 Å². The van der Waals surface area contributed by atoms with Crippen molar-refractivity contribution in [1.29, 1.82) is 0 Å². The zero-order valence-electron chi connectivity index (χ0n) is 10.8. The molecule has 0 heterocycles. The summed E-state index contributed by atoms with van der Waals surface area (Å²) in [6.07, 6.45) is 0.379. The first-order valence-electron chi connectivity index (χ1n) is 5.82. The van der Waals surface area contributed by atoms with Crippen molar-refractivity contribution >= 4 is 11.8 Å². The van der Waals surface area contributed by atoms with Crippen LogP contribution in [0.1, 0.15) is 20.3 Å². The van der Waals surface area contributed by atoms with E-state index in [9.17, 15) is 9.59 Å². The van der Waals surface area contributed by atoms with E-state index >= 15 is 0 Å². The van der Waals surface area contributed by atoms with Gasteiger partial charge in [-0.15, -0.1) is 0 Å². The minimum atomic E-state index is -0.0914. The maximum atomic E-state index is 11.2. The molecule has 0 radical (unpaired) electrons. The molecule has 0 aliphatic carbocycles. The fourth-order valence-electron chi connectivity index (χ4n) is 1.15. The van der Waals surface area contributed by atoms with Gasteiger partial charge in [0.1, 0.15) is 0 Å². The molecule has 6 heteroatoms. The van der Waals surface area contributed by atoms with Crippen LogP contribution in [0, 0.1) is 0 Å². The summed E-state index contributed by atoms with van der Waals surface area (Å²) in [5.74, 6) is -0.0985. The number of hydrogen-bond acceptors (Lipinski definition) is 4. The number of carbonyl (C=O) groups excluding carboxylic acids is 2. The Labute approximate surface area is 102 Å². The third-order valence-corrected chi connectivity index (χ3v) is 1.89. The molecule has 0 aliphatic rings. The van der Waals surface area contributed by atoms with Gasteiger partial charge in [-0.1, -0.05) is 0 Å². The first-order chi connectivity index (χ1) is 8.06. The largest absolute Gasteiger partial charge is 0.383 e. The summed E-state index contributed by atoms with van der Waals surface area (Å²) in [5, 5.41) is 8.36. The topological polar surface area (TPSA) is 79.5 Å². The first kappa shape index (κ1) is 15.9. The Hall–Kier alpha value is -1.14. The quantitative estimate of drug-likeness (QED) is 0.467. The fourth-order valence-corrected chi connectivity index (χ4v) is 1.15. The molecule has 0 aromatic rings. The van der Waals surface area contributed by atoms with E-state index in [-0.39, 0.29) is 24.4 Å². The van der Waals surface area contributed by atoms with Crippen LogP contribution in [0.2, 0.25) is 0 Å². The number of nitrogens with one attached hydrogen (secondary N) is 3. The van der Waals surface area contributed by atoms with Crippen molar-refractivity contribution in [3.63, 3.8) is 0 Å². The molecule has 2 amide bonds. The minimum Gasteiger partial charge on any atom is -0.383 e. The highest BCUT2D eigenvalue weighted by Gasteiger charge is 2.03. The summed E-state index contributed by atoms with van der Waals surface area (Å²) in [6, 6.07) is 0.153. The molecule has 0 fully saturated rings. The van der Waals surface area contributed by atoms with Crippen molar-refractivity contribution < 1.29 is 14.3 Å². The van der Waals surface area contributed by atoms with Crippen LogP contribution in [0.25, 0.3) is 0 Å². The molecular formula is C11H23N3O3. The second-order valence-electron chi connectivity index (χ2n) is 3.99. The van der Waals surface area contributed by atoms with Gasteiger partial charge in [-0.05, 0) is 13.8 Å². The maximum Gasteiger partial charge on any atom is 0.234 e. The molecule has 0 unspecified atom stereocenters. The van der Waals surface area contributed by atoms with Crippen molar-refractivity contribution in [3.05, 3.63) is 0 Å². The summed E-state index contributed by atoms with van der Waals surface area (Å²) in [4.78, 5) is 22.5. The Balaban J connectivity index is 3.38. The van der Waals surface area contributed by atoms with E-state index in [1.165, 1.54) is 0 Å². The number of methoxy groups -OCH3 is 1. The Morgan fingerprint density at radius 3 is 2.47 bits per heavy atom. The van der Waals surface area contributed by atoms with Crippen molar-refractivity contribution in [3.8, 4) is 0 Å². The van der Waals surface area contributed by atoms with E-state index < -0.39 is 0 Å². The lowest BCUT2D eigenvalue weighted by atomic mass is 10.3. The van der Waals surface area contributed by atoms with Crippen molar-refractivity contribution in [2.24, 2.45) is 0 Å². The molecule has 100 valence electrons. The Morgan fingerprint density at radius 2 is 1.88 bits per heavy atom. The lowest BCUT2D eigenvalue weighted by Crippen LogP contribution is -2.37. The van der Waals surface area contributed by atoms with Crippen LogP contribution >= 0.6 is 0 Å². The third kappa shape index (κ3) is 11.1. The summed E-state index contributed by atoms with van der Waals surface area (Å²) in [6.45, 7) is 5.55. The predicted molar refractivity (Wildman–Crippen MR) is 65.7 cm³/mol. The van der Waals surface area contributed by atoms with Crippen LogP contribution < -0.4 is 16.0 Å². The zero-order chi connectivity index (χ0) is 13.1. The highest BCUT2D eigenvalue weighted by molar-refractivity contribution is 5.78. The number of hydrogen-bond donors (Lipinski definition) is 3. The molecular weight excluding hydrogens is 222 g/mol. The lowest BCUT2D eigenvalue weighted by Gasteiger charge is -2.09. The van der Waals surface area contributed by atoms with Gasteiger partial charge >= 0.3 is 0 Å². The van der Waals surface area contributed by atoms with Gasteiger partial charge in [0.15, 0.2) is 0 Å². The van der Waals surface area contributed by atoms with Crippen LogP contribution in [0.3, 0.4) is 0 Å². The number of ether oxygens (including phenoxy) is 1. The normalized spacial score (nSPS) is 10.4. The molecule has 0 aromatic carbocycles. The van der Waals surface area contributed by atoms with E-state index in [1.807, 2.05) is 13.8 Å². The van der Waals surface area contributed by atoms with E-state index in [0.717, 1.165) is 0 Å². The van der Waals surface area contributed by atoms with Crippen LogP contribution in [-0.2, 0) is 14.3 Å². The van der Waals surface area contributed by atoms with E-state index in [2.05, 4.69) is 16.0 Å². The summed E-state index contributed by atoms with van der Waals surface area (Å²) in [7, 11) is 1.58. The third-order valence-electron chi connectivity index (χ3n) is 1.89. The van der Waals surface area contributed by atoms with Crippen molar-refractivity contribution in [1.82, 2.24) is 16.0 Å². The molecule has 0 spiro atoms. The molecule has 6 nitrogen and oxygen atoms in total.